The van der Waals surface area contributed by atoms with Crippen molar-refractivity contribution in [2.24, 2.45) is 17.1 Å². The maximum Gasteiger partial charge on any atom is 0.0521 e. The standard InChI is InChI=1S/C13H28N2O/c1-10(13(2,3)4)15(5)8-11-9-16-7-6-12(11)14/h10-12H,6-9,14H2,1-5H3. The molecular weight excluding hydrogens is 200 g/mol. The second-order valence-electron chi connectivity index (χ2n) is 6.27. The molecule has 2 N–H and O–H groups in total. The van der Waals surface area contributed by atoms with Crippen molar-refractivity contribution in [3.63, 3.8) is 0 Å². The van der Waals surface area contributed by atoms with E-state index >= 15 is 0 Å². The van der Waals surface area contributed by atoms with E-state index in [1.807, 2.05) is 0 Å². The Morgan fingerprint density at radius 1 is 1.44 bits per heavy atom. The van der Waals surface area contributed by atoms with Gasteiger partial charge in [-0.2, -0.15) is 0 Å². The summed E-state index contributed by atoms with van der Waals surface area (Å²) in [6.07, 6.45) is 1.00. The van der Waals surface area contributed by atoms with Gasteiger partial charge in [0.2, 0.25) is 0 Å². The third-order valence-electron chi connectivity index (χ3n) is 3.97. The zero-order chi connectivity index (χ0) is 12.3. The maximum atomic E-state index is 6.13. The van der Waals surface area contributed by atoms with Gasteiger partial charge >= 0.3 is 0 Å². The first kappa shape index (κ1) is 13.9. The first-order valence-electron chi connectivity index (χ1n) is 6.36. The zero-order valence-corrected chi connectivity index (χ0v) is 11.5. The lowest BCUT2D eigenvalue weighted by molar-refractivity contribution is 0.0160. The zero-order valence-electron chi connectivity index (χ0n) is 11.5. The molecule has 1 aliphatic rings. The summed E-state index contributed by atoms with van der Waals surface area (Å²) in [6, 6.07) is 0.866. The van der Waals surface area contributed by atoms with Crippen molar-refractivity contribution >= 4 is 0 Å². The molecule has 1 fully saturated rings. The van der Waals surface area contributed by atoms with Crippen LogP contribution >= 0.6 is 0 Å². The number of nitrogens with zero attached hydrogens (tertiary/aromatic N) is 1. The quantitative estimate of drug-likeness (QED) is 0.799. The summed E-state index contributed by atoms with van der Waals surface area (Å²) >= 11 is 0. The minimum atomic E-state index is 0.309. The fourth-order valence-corrected chi connectivity index (χ4v) is 2.19. The molecule has 3 nitrogen and oxygen atoms in total. The highest BCUT2D eigenvalue weighted by Gasteiger charge is 2.29. The molecular formula is C13H28N2O. The highest BCUT2D eigenvalue weighted by atomic mass is 16.5. The molecule has 0 aromatic heterocycles. The van der Waals surface area contributed by atoms with Crippen LogP contribution in [-0.4, -0.2) is 43.8 Å². The van der Waals surface area contributed by atoms with E-state index in [-0.39, 0.29) is 0 Å². The van der Waals surface area contributed by atoms with E-state index < -0.39 is 0 Å². The van der Waals surface area contributed by atoms with Crippen LogP contribution in [0.5, 0.6) is 0 Å². The molecule has 1 saturated heterocycles. The van der Waals surface area contributed by atoms with E-state index in [1.165, 1.54) is 0 Å². The van der Waals surface area contributed by atoms with Gasteiger partial charge in [0.15, 0.2) is 0 Å². The van der Waals surface area contributed by atoms with Gasteiger partial charge in [0, 0.05) is 31.2 Å². The Balaban J connectivity index is 2.46. The molecule has 0 amide bonds. The molecule has 3 unspecified atom stereocenters. The van der Waals surface area contributed by atoms with Crippen LogP contribution in [-0.2, 0) is 4.74 Å². The molecule has 16 heavy (non-hydrogen) atoms. The largest absolute Gasteiger partial charge is 0.381 e. The number of nitrogens with two attached hydrogens (primary N) is 1. The van der Waals surface area contributed by atoms with Crippen molar-refractivity contribution in [2.45, 2.75) is 46.2 Å². The van der Waals surface area contributed by atoms with Crippen molar-refractivity contribution < 1.29 is 4.74 Å². The smallest absolute Gasteiger partial charge is 0.0521 e. The van der Waals surface area contributed by atoms with E-state index in [2.05, 4.69) is 39.6 Å². The van der Waals surface area contributed by atoms with Gasteiger partial charge in [0.05, 0.1) is 6.61 Å². The molecule has 0 radical (unpaired) electrons. The highest BCUT2D eigenvalue weighted by Crippen LogP contribution is 2.24. The van der Waals surface area contributed by atoms with Crippen LogP contribution < -0.4 is 5.73 Å². The predicted octanol–water partition coefficient (Wildman–Crippen LogP) is 1.72. The Morgan fingerprint density at radius 3 is 2.56 bits per heavy atom. The fraction of sp³-hybridized carbons (Fsp3) is 1.00. The summed E-state index contributed by atoms with van der Waals surface area (Å²) in [4.78, 5) is 2.42. The van der Waals surface area contributed by atoms with Gasteiger partial charge in [0.1, 0.15) is 0 Å². The van der Waals surface area contributed by atoms with E-state index in [9.17, 15) is 0 Å². The average Bonchev–Trinajstić information content (AvgIpc) is 2.19. The summed E-state index contributed by atoms with van der Waals surface area (Å²) in [6.45, 7) is 11.8. The molecule has 0 saturated carbocycles. The fourth-order valence-electron chi connectivity index (χ4n) is 2.19. The third kappa shape index (κ3) is 3.72. The van der Waals surface area contributed by atoms with Gasteiger partial charge in [-0.3, -0.25) is 0 Å². The van der Waals surface area contributed by atoms with Gasteiger partial charge in [-0.05, 0) is 25.8 Å². The van der Waals surface area contributed by atoms with Crippen molar-refractivity contribution in [1.82, 2.24) is 4.90 Å². The van der Waals surface area contributed by atoms with Gasteiger partial charge in [0.25, 0.3) is 0 Å². The lowest BCUT2D eigenvalue weighted by Gasteiger charge is -2.39. The lowest BCUT2D eigenvalue weighted by atomic mass is 9.86. The van der Waals surface area contributed by atoms with Crippen molar-refractivity contribution in [3.8, 4) is 0 Å². The molecule has 96 valence electrons. The van der Waals surface area contributed by atoms with Crippen LogP contribution in [0.4, 0.5) is 0 Å². The number of hydrogen-bond acceptors (Lipinski definition) is 3. The molecule has 1 aliphatic heterocycles. The van der Waals surface area contributed by atoms with Crippen molar-refractivity contribution in [2.75, 3.05) is 26.8 Å². The van der Waals surface area contributed by atoms with Gasteiger partial charge in [-0.15, -0.1) is 0 Å². The highest BCUT2D eigenvalue weighted by molar-refractivity contribution is 4.83. The molecule has 0 spiro atoms. The number of rotatable bonds is 3. The Kier molecular flexibility index (Phi) is 4.77. The topological polar surface area (TPSA) is 38.5 Å². The maximum absolute atomic E-state index is 6.13. The molecule has 0 aromatic rings. The first-order valence-corrected chi connectivity index (χ1v) is 6.36. The van der Waals surface area contributed by atoms with Gasteiger partial charge in [-0.1, -0.05) is 20.8 Å². The van der Waals surface area contributed by atoms with E-state index in [1.54, 1.807) is 0 Å². The Bertz CT molecular complexity index is 212. The van der Waals surface area contributed by atoms with Crippen LogP contribution in [0.25, 0.3) is 0 Å². The number of hydrogen-bond donors (Lipinski definition) is 1. The summed E-state index contributed by atoms with van der Waals surface area (Å²) in [5.41, 5.74) is 6.44. The second kappa shape index (κ2) is 5.48. The van der Waals surface area contributed by atoms with Crippen LogP contribution in [0, 0.1) is 11.3 Å². The Hall–Kier alpha value is -0.120. The van der Waals surface area contributed by atoms with E-state index in [0.29, 0.717) is 23.4 Å². The summed E-state index contributed by atoms with van der Waals surface area (Å²) in [5, 5.41) is 0. The third-order valence-corrected chi connectivity index (χ3v) is 3.97. The lowest BCUT2D eigenvalue weighted by Crippen LogP contribution is -2.48. The summed E-state index contributed by atoms with van der Waals surface area (Å²) in [7, 11) is 2.19. The van der Waals surface area contributed by atoms with Crippen LogP contribution in [0.1, 0.15) is 34.1 Å². The molecule has 0 bridgehead atoms. The first-order chi connectivity index (χ1) is 7.32. The van der Waals surface area contributed by atoms with Crippen LogP contribution in [0.2, 0.25) is 0 Å². The van der Waals surface area contributed by atoms with E-state index in [4.69, 9.17) is 10.5 Å². The minimum absolute atomic E-state index is 0.309. The van der Waals surface area contributed by atoms with Gasteiger partial charge in [-0.25, -0.2) is 0 Å². The number of ether oxygens (including phenoxy) is 1. The molecule has 3 heteroatoms. The average molecular weight is 228 g/mol. The van der Waals surface area contributed by atoms with Crippen molar-refractivity contribution in [1.29, 1.82) is 0 Å². The van der Waals surface area contributed by atoms with Gasteiger partial charge < -0.3 is 15.4 Å². The second-order valence-corrected chi connectivity index (χ2v) is 6.27. The Morgan fingerprint density at radius 2 is 2.06 bits per heavy atom. The monoisotopic (exact) mass is 228 g/mol. The predicted molar refractivity (Wildman–Crippen MR) is 68.4 cm³/mol. The molecule has 1 rings (SSSR count). The van der Waals surface area contributed by atoms with Crippen LogP contribution in [0.3, 0.4) is 0 Å². The van der Waals surface area contributed by atoms with Crippen molar-refractivity contribution in [3.05, 3.63) is 0 Å². The molecule has 1 heterocycles. The molecule has 0 aromatic carbocycles. The summed E-state index contributed by atoms with van der Waals surface area (Å²) < 4.78 is 5.51. The van der Waals surface area contributed by atoms with E-state index in [0.717, 1.165) is 26.2 Å². The Labute approximate surface area is 100 Å². The normalized spacial score (nSPS) is 29.4. The molecule has 3 atom stereocenters. The summed E-state index contributed by atoms with van der Waals surface area (Å²) in [5.74, 6) is 0.489. The van der Waals surface area contributed by atoms with Crippen LogP contribution in [0.15, 0.2) is 0 Å². The minimum Gasteiger partial charge on any atom is -0.381 e. The SMILES string of the molecule is CC(N(C)CC1COCCC1N)C(C)(C)C. The molecule has 0 aliphatic carbocycles.